The smallest absolute Gasteiger partial charge is 0.0524 e. The van der Waals surface area contributed by atoms with Crippen LogP contribution in [0.5, 0.6) is 0 Å². The Balaban J connectivity index is 1.90. The van der Waals surface area contributed by atoms with Gasteiger partial charge in [-0.15, -0.1) is 0 Å². The van der Waals surface area contributed by atoms with Gasteiger partial charge in [-0.05, 0) is 43.9 Å². The highest BCUT2D eigenvalue weighted by atomic mass is 16.3. The molecule has 2 heteroatoms. The Morgan fingerprint density at radius 2 is 2.27 bits per heavy atom. The van der Waals surface area contributed by atoms with Gasteiger partial charge in [-0.1, -0.05) is 24.3 Å². The van der Waals surface area contributed by atoms with E-state index in [2.05, 4.69) is 29.6 Å². The number of fused-ring (bicyclic) bond motifs is 1. The van der Waals surface area contributed by atoms with Crippen molar-refractivity contribution in [3.05, 3.63) is 35.4 Å². The van der Waals surface area contributed by atoms with Gasteiger partial charge in [0.05, 0.1) is 6.10 Å². The summed E-state index contributed by atoms with van der Waals surface area (Å²) in [6.45, 7) is 2.74. The van der Waals surface area contributed by atoms with Crippen molar-refractivity contribution in [2.75, 3.05) is 6.54 Å². The van der Waals surface area contributed by atoms with Crippen molar-refractivity contribution in [3.63, 3.8) is 0 Å². The van der Waals surface area contributed by atoms with E-state index >= 15 is 0 Å². The molecule has 0 saturated heterocycles. The van der Waals surface area contributed by atoms with Gasteiger partial charge in [-0.3, -0.25) is 0 Å². The SMILES string of the molecule is CC(O)CCNC1CCc2ccccc21. The lowest BCUT2D eigenvalue weighted by atomic mass is 10.1. The Morgan fingerprint density at radius 3 is 3.07 bits per heavy atom. The summed E-state index contributed by atoms with van der Waals surface area (Å²) in [5.41, 5.74) is 2.93. The van der Waals surface area contributed by atoms with Crippen LogP contribution in [0.1, 0.15) is 36.9 Å². The first-order valence-corrected chi connectivity index (χ1v) is 5.76. The predicted octanol–water partition coefficient (Wildman–Crippen LogP) is 2.03. The van der Waals surface area contributed by atoms with Crippen molar-refractivity contribution >= 4 is 0 Å². The van der Waals surface area contributed by atoms with Crippen molar-refractivity contribution in [1.82, 2.24) is 5.32 Å². The van der Waals surface area contributed by atoms with Crippen LogP contribution < -0.4 is 5.32 Å². The Bertz CT molecular complexity index is 322. The molecule has 1 aromatic rings. The maximum Gasteiger partial charge on any atom is 0.0524 e. The maximum atomic E-state index is 9.18. The van der Waals surface area contributed by atoms with E-state index in [9.17, 15) is 5.11 Å². The van der Waals surface area contributed by atoms with Crippen molar-refractivity contribution < 1.29 is 5.11 Å². The second-order valence-electron chi connectivity index (χ2n) is 4.38. The average Bonchev–Trinajstić information content (AvgIpc) is 2.62. The van der Waals surface area contributed by atoms with Crippen molar-refractivity contribution in [3.8, 4) is 0 Å². The summed E-state index contributed by atoms with van der Waals surface area (Å²) in [6.07, 6.45) is 3.01. The maximum absolute atomic E-state index is 9.18. The first-order chi connectivity index (χ1) is 7.27. The molecule has 0 radical (unpaired) electrons. The molecule has 2 atom stereocenters. The molecule has 2 rings (SSSR count). The minimum Gasteiger partial charge on any atom is -0.393 e. The minimum absolute atomic E-state index is 0.200. The van der Waals surface area contributed by atoms with Gasteiger partial charge in [0.1, 0.15) is 0 Å². The molecule has 0 aromatic heterocycles. The lowest BCUT2D eigenvalue weighted by molar-refractivity contribution is 0.182. The standard InChI is InChI=1S/C13H19NO/c1-10(15)8-9-14-13-7-6-11-4-2-3-5-12(11)13/h2-5,10,13-15H,6-9H2,1H3. The van der Waals surface area contributed by atoms with Gasteiger partial charge in [0.2, 0.25) is 0 Å². The fourth-order valence-corrected chi connectivity index (χ4v) is 2.24. The Labute approximate surface area is 91.3 Å². The molecule has 0 amide bonds. The fourth-order valence-electron chi connectivity index (χ4n) is 2.24. The number of nitrogens with one attached hydrogen (secondary N) is 1. The van der Waals surface area contributed by atoms with Gasteiger partial charge < -0.3 is 10.4 Å². The predicted molar refractivity (Wildman–Crippen MR) is 61.8 cm³/mol. The van der Waals surface area contributed by atoms with Gasteiger partial charge in [-0.25, -0.2) is 0 Å². The third-order valence-corrected chi connectivity index (χ3v) is 3.09. The molecule has 1 aliphatic rings. The van der Waals surface area contributed by atoms with E-state index in [1.54, 1.807) is 0 Å². The Hall–Kier alpha value is -0.860. The van der Waals surface area contributed by atoms with E-state index in [4.69, 9.17) is 0 Å². The second kappa shape index (κ2) is 4.77. The third-order valence-electron chi connectivity index (χ3n) is 3.09. The summed E-state index contributed by atoms with van der Waals surface area (Å²) >= 11 is 0. The normalized spacial score (nSPS) is 21.3. The van der Waals surface area contributed by atoms with Crippen LogP contribution in [0.3, 0.4) is 0 Å². The zero-order chi connectivity index (χ0) is 10.7. The minimum atomic E-state index is -0.200. The summed E-state index contributed by atoms with van der Waals surface area (Å²) in [5, 5.41) is 12.7. The van der Waals surface area contributed by atoms with E-state index in [0.29, 0.717) is 6.04 Å². The number of hydrogen-bond donors (Lipinski definition) is 2. The molecule has 2 unspecified atom stereocenters. The van der Waals surface area contributed by atoms with Gasteiger partial charge in [0, 0.05) is 6.04 Å². The molecule has 82 valence electrons. The zero-order valence-electron chi connectivity index (χ0n) is 9.24. The highest BCUT2D eigenvalue weighted by Crippen LogP contribution is 2.30. The molecule has 1 aliphatic carbocycles. The molecular weight excluding hydrogens is 186 g/mol. The lowest BCUT2D eigenvalue weighted by Crippen LogP contribution is -2.23. The number of benzene rings is 1. The van der Waals surface area contributed by atoms with Crippen molar-refractivity contribution in [1.29, 1.82) is 0 Å². The molecular formula is C13H19NO. The molecule has 0 spiro atoms. The van der Waals surface area contributed by atoms with Crippen LogP contribution in [-0.2, 0) is 6.42 Å². The lowest BCUT2D eigenvalue weighted by Gasteiger charge is -2.14. The van der Waals surface area contributed by atoms with Crippen LogP contribution in [0.2, 0.25) is 0 Å². The van der Waals surface area contributed by atoms with Crippen molar-refractivity contribution in [2.24, 2.45) is 0 Å². The number of aliphatic hydroxyl groups is 1. The zero-order valence-corrected chi connectivity index (χ0v) is 9.24. The molecule has 2 N–H and O–H groups in total. The molecule has 1 aromatic carbocycles. The average molecular weight is 205 g/mol. The quantitative estimate of drug-likeness (QED) is 0.788. The van der Waals surface area contributed by atoms with E-state index < -0.39 is 0 Å². The third kappa shape index (κ3) is 2.58. The van der Waals surface area contributed by atoms with E-state index in [1.807, 2.05) is 6.92 Å². The molecule has 15 heavy (non-hydrogen) atoms. The topological polar surface area (TPSA) is 32.3 Å². The number of rotatable bonds is 4. The summed E-state index contributed by atoms with van der Waals surface area (Å²) in [4.78, 5) is 0. The Morgan fingerprint density at radius 1 is 1.47 bits per heavy atom. The summed E-state index contributed by atoms with van der Waals surface area (Å²) < 4.78 is 0. The van der Waals surface area contributed by atoms with E-state index in [-0.39, 0.29) is 6.10 Å². The first kappa shape index (κ1) is 10.7. The summed E-state index contributed by atoms with van der Waals surface area (Å²) in [6, 6.07) is 9.14. The van der Waals surface area contributed by atoms with Crippen LogP contribution in [-0.4, -0.2) is 17.8 Å². The monoisotopic (exact) mass is 205 g/mol. The molecule has 2 nitrogen and oxygen atoms in total. The first-order valence-electron chi connectivity index (χ1n) is 5.76. The van der Waals surface area contributed by atoms with Gasteiger partial charge in [0.15, 0.2) is 0 Å². The molecule has 0 heterocycles. The number of hydrogen-bond acceptors (Lipinski definition) is 2. The van der Waals surface area contributed by atoms with Crippen LogP contribution >= 0.6 is 0 Å². The highest BCUT2D eigenvalue weighted by molar-refractivity contribution is 5.34. The molecule has 0 aliphatic heterocycles. The van der Waals surface area contributed by atoms with Crippen molar-refractivity contribution in [2.45, 2.75) is 38.3 Å². The fraction of sp³-hybridized carbons (Fsp3) is 0.538. The highest BCUT2D eigenvalue weighted by Gasteiger charge is 2.20. The van der Waals surface area contributed by atoms with Gasteiger partial charge >= 0.3 is 0 Å². The van der Waals surface area contributed by atoms with Gasteiger partial charge in [-0.2, -0.15) is 0 Å². The summed E-state index contributed by atoms with van der Waals surface area (Å²) in [5.74, 6) is 0. The van der Waals surface area contributed by atoms with Crippen LogP contribution in [0, 0.1) is 0 Å². The van der Waals surface area contributed by atoms with Crippen LogP contribution in [0.15, 0.2) is 24.3 Å². The molecule has 0 saturated carbocycles. The second-order valence-corrected chi connectivity index (χ2v) is 4.38. The molecule has 0 fully saturated rings. The van der Waals surface area contributed by atoms with Gasteiger partial charge in [0.25, 0.3) is 0 Å². The summed E-state index contributed by atoms with van der Waals surface area (Å²) in [7, 11) is 0. The Kier molecular flexibility index (Phi) is 3.39. The largest absolute Gasteiger partial charge is 0.393 e. The van der Waals surface area contributed by atoms with Crippen LogP contribution in [0.25, 0.3) is 0 Å². The number of aliphatic hydroxyl groups excluding tert-OH is 1. The number of aryl methyl sites for hydroxylation is 1. The molecule has 0 bridgehead atoms. The van der Waals surface area contributed by atoms with Crippen LogP contribution in [0.4, 0.5) is 0 Å². The van der Waals surface area contributed by atoms with E-state index in [0.717, 1.165) is 13.0 Å². The van der Waals surface area contributed by atoms with E-state index in [1.165, 1.54) is 24.0 Å².